The van der Waals surface area contributed by atoms with Crippen molar-refractivity contribution in [3.8, 4) is 0 Å². The summed E-state index contributed by atoms with van der Waals surface area (Å²) < 4.78 is 5.34. The highest BCUT2D eigenvalue weighted by atomic mass is 32.2. The molecule has 1 heterocycles. The van der Waals surface area contributed by atoms with E-state index in [1.165, 1.54) is 22.0 Å². The highest BCUT2D eigenvalue weighted by Crippen LogP contribution is 2.31. The molecule has 2 aromatic rings. The molecule has 0 amide bonds. The first kappa shape index (κ1) is 13.5. The van der Waals surface area contributed by atoms with Crippen LogP contribution in [0, 0.1) is 0 Å². The van der Waals surface area contributed by atoms with Gasteiger partial charge in [-0.1, -0.05) is 43.8 Å². The summed E-state index contributed by atoms with van der Waals surface area (Å²) in [4.78, 5) is 5.76. The van der Waals surface area contributed by atoms with Crippen molar-refractivity contribution < 1.29 is 0 Å². The Morgan fingerprint density at radius 2 is 2.11 bits per heavy atom. The lowest BCUT2D eigenvalue weighted by Gasteiger charge is -2.07. The fourth-order valence-corrected chi connectivity index (χ4v) is 3.31. The largest absolute Gasteiger partial charge is 0.313 e. The van der Waals surface area contributed by atoms with Crippen LogP contribution >= 0.6 is 23.3 Å². The molecule has 5 heteroatoms. The summed E-state index contributed by atoms with van der Waals surface area (Å²) in [5, 5.41) is 3.36. The Morgan fingerprint density at radius 1 is 1.28 bits per heavy atom. The Morgan fingerprint density at radius 3 is 2.83 bits per heavy atom. The molecule has 1 aromatic carbocycles. The Labute approximate surface area is 116 Å². The SMILES string of the molecule is CCNCc1ccccc1Sc1nc(CC)ns1. The molecule has 1 N–H and O–H groups in total. The standard InChI is InChI=1S/C13H17N3S2/c1-3-12-15-13(18-16-12)17-11-8-6-5-7-10(11)9-14-4-2/h5-8,14H,3-4,9H2,1-2H3. The molecule has 0 bridgehead atoms. The number of nitrogens with zero attached hydrogens (tertiary/aromatic N) is 2. The van der Waals surface area contributed by atoms with Gasteiger partial charge in [-0.3, -0.25) is 0 Å². The predicted molar refractivity (Wildman–Crippen MR) is 77.2 cm³/mol. The average Bonchev–Trinajstić information content (AvgIpc) is 2.85. The predicted octanol–water partition coefficient (Wildman–Crippen LogP) is 3.36. The summed E-state index contributed by atoms with van der Waals surface area (Å²) in [6.45, 7) is 6.08. The molecule has 18 heavy (non-hydrogen) atoms. The number of benzene rings is 1. The second kappa shape index (κ2) is 6.87. The maximum Gasteiger partial charge on any atom is 0.174 e. The van der Waals surface area contributed by atoms with Crippen LogP contribution in [-0.2, 0) is 13.0 Å². The van der Waals surface area contributed by atoms with Gasteiger partial charge in [-0.05, 0) is 29.7 Å². The molecule has 2 rings (SSSR count). The van der Waals surface area contributed by atoms with Crippen molar-refractivity contribution in [1.82, 2.24) is 14.7 Å². The summed E-state index contributed by atoms with van der Waals surface area (Å²) in [5.41, 5.74) is 1.32. The molecule has 1 aromatic heterocycles. The van der Waals surface area contributed by atoms with Crippen LogP contribution in [0.2, 0.25) is 0 Å². The molecule has 0 saturated heterocycles. The van der Waals surface area contributed by atoms with Crippen molar-refractivity contribution in [2.75, 3.05) is 6.54 Å². The molecule has 96 valence electrons. The minimum atomic E-state index is 0.899. The fourth-order valence-electron chi connectivity index (χ4n) is 1.53. The first-order valence-corrected chi connectivity index (χ1v) is 7.71. The van der Waals surface area contributed by atoms with Crippen molar-refractivity contribution in [3.63, 3.8) is 0 Å². The van der Waals surface area contributed by atoms with Crippen molar-refractivity contribution in [3.05, 3.63) is 35.7 Å². The van der Waals surface area contributed by atoms with Gasteiger partial charge in [0.05, 0.1) is 0 Å². The van der Waals surface area contributed by atoms with Gasteiger partial charge in [0, 0.05) is 17.9 Å². The number of nitrogens with one attached hydrogen (secondary N) is 1. The van der Waals surface area contributed by atoms with Crippen LogP contribution < -0.4 is 5.32 Å². The number of rotatable bonds is 6. The summed E-state index contributed by atoms with van der Waals surface area (Å²) in [6, 6.07) is 8.45. The third-order valence-electron chi connectivity index (χ3n) is 2.50. The number of aromatic nitrogens is 2. The van der Waals surface area contributed by atoms with Crippen molar-refractivity contribution >= 4 is 23.3 Å². The number of hydrogen-bond donors (Lipinski definition) is 1. The molecule has 0 fully saturated rings. The normalized spacial score (nSPS) is 10.8. The van der Waals surface area contributed by atoms with E-state index in [-0.39, 0.29) is 0 Å². The molecular weight excluding hydrogens is 262 g/mol. The Bertz CT molecular complexity index is 496. The third kappa shape index (κ3) is 3.54. The molecule has 0 aliphatic rings. The summed E-state index contributed by atoms with van der Waals surface area (Å²) in [6.07, 6.45) is 0.899. The van der Waals surface area contributed by atoms with Gasteiger partial charge in [0.1, 0.15) is 5.82 Å². The van der Waals surface area contributed by atoms with Crippen LogP contribution in [0.3, 0.4) is 0 Å². The topological polar surface area (TPSA) is 37.8 Å². The van der Waals surface area contributed by atoms with E-state index in [0.717, 1.165) is 29.7 Å². The van der Waals surface area contributed by atoms with Crippen molar-refractivity contribution in [2.24, 2.45) is 0 Å². The van der Waals surface area contributed by atoms with Crippen LogP contribution in [0.1, 0.15) is 25.2 Å². The Hall–Kier alpha value is -0.910. The third-order valence-corrected chi connectivity index (χ3v) is 4.41. The van der Waals surface area contributed by atoms with Crippen molar-refractivity contribution in [2.45, 2.75) is 36.0 Å². The van der Waals surface area contributed by atoms with E-state index < -0.39 is 0 Å². The quantitative estimate of drug-likeness (QED) is 0.880. The second-order valence-corrected chi connectivity index (χ2v) is 5.86. The van der Waals surface area contributed by atoms with Crippen LogP contribution in [0.25, 0.3) is 0 Å². The zero-order valence-corrected chi connectivity index (χ0v) is 12.3. The number of hydrogen-bond acceptors (Lipinski definition) is 5. The Kier molecular flexibility index (Phi) is 5.16. The minimum Gasteiger partial charge on any atom is -0.313 e. The van der Waals surface area contributed by atoms with Crippen LogP contribution in [0.5, 0.6) is 0 Å². The molecule has 0 unspecified atom stereocenters. The summed E-state index contributed by atoms with van der Waals surface area (Å²) in [7, 11) is 0. The lowest BCUT2D eigenvalue weighted by Crippen LogP contribution is -2.12. The fraction of sp³-hybridized carbons (Fsp3) is 0.385. The zero-order chi connectivity index (χ0) is 12.8. The van der Waals surface area contributed by atoms with Crippen LogP contribution in [0.15, 0.2) is 33.5 Å². The van der Waals surface area contributed by atoms with E-state index in [9.17, 15) is 0 Å². The summed E-state index contributed by atoms with van der Waals surface area (Å²) in [5.74, 6) is 0.937. The van der Waals surface area contributed by atoms with Gasteiger partial charge in [-0.2, -0.15) is 4.37 Å². The lowest BCUT2D eigenvalue weighted by atomic mass is 10.2. The highest BCUT2D eigenvalue weighted by Gasteiger charge is 2.07. The minimum absolute atomic E-state index is 0.899. The Balaban J connectivity index is 2.12. The molecule has 0 spiro atoms. The van der Waals surface area contributed by atoms with E-state index >= 15 is 0 Å². The van der Waals surface area contributed by atoms with Crippen molar-refractivity contribution in [1.29, 1.82) is 0 Å². The number of aryl methyl sites for hydroxylation is 1. The highest BCUT2D eigenvalue weighted by molar-refractivity contribution is 8.01. The molecule has 0 aliphatic carbocycles. The molecule has 0 aliphatic heterocycles. The van der Waals surface area contributed by atoms with Gasteiger partial charge in [0.15, 0.2) is 4.34 Å². The van der Waals surface area contributed by atoms with Gasteiger partial charge < -0.3 is 5.32 Å². The maximum atomic E-state index is 4.50. The second-order valence-electron chi connectivity index (χ2n) is 3.82. The van der Waals surface area contributed by atoms with Crippen LogP contribution in [-0.4, -0.2) is 15.9 Å². The van der Waals surface area contributed by atoms with Gasteiger partial charge in [-0.25, -0.2) is 4.98 Å². The van der Waals surface area contributed by atoms with E-state index in [2.05, 4.69) is 52.8 Å². The van der Waals surface area contributed by atoms with Gasteiger partial charge in [0.2, 0.25) is 0 Å². The monoisotopic (exact) mass is 279 g/mol. The zero-order valence-electron chi connectivity index (χ0n) is 10.6. The lowest BCUT2D eigenvalue weighted by molar-refractivity contribution is 0.718. The first-order valence-electron chi connectivity index (χ1n) is 6.12. The van der Waals surface area contributed by atoms with E-state index in [0.29, 0.717) is 0 Å². The molecule has 3 nitrogen and oxygen atoms in total. The van der Waals surface area contributed by atoms with Crippen LogP contribution in [0.4, 0.5) is 0 Å². The molecule has 0 radical (unpaired) electrons. The molecule has 0 atom stereocenters. The van der Waals surface area contributed by atoms with E-state index in [1.54, 1.807) is 11.8 Å². The molecule has 0 saturated carbocycles. The molecular formula is C13H17N3S2. The average molecular weight is 279 g/mol. The smallest absolute Gasteiger partial charge is 0.174 e. The van der Waals surface area contributed by atoms with Gasteiger partial charge in [-0.15, -0.1) is 0 Å². The first-order chi connectivity index (χ1) is 8.83. The van der Waals surface area contributed by atoms with E-state index in [4.69, 9.17) is 0 Å². The maximum absolute atomic E-state index is 4.50. The summed E-state index contributed by atoms with van der Waals surface area (Å²) >= 11 is 3.19. The van der Waals surface area contributed by atoms with E-state index in [1.807, 2.05) is 0 Å². The van der Waals surface area contributed by atoms with Gasteiger partial charge >= 0.3 is 0 Å². The van der Waals surface area contributed by atoms with Gasteiger partial charge in [0.25, 0.3) is 0 Å².